The zero-order valence-electron chi connectivity index (χ0n) is 42.2. The highest BCUT2D eigenvalue weighted by molar-refractivity contribution is 5.71. The Morgan fingerprint density at radius 1 is 0.323 bits per heavy atom. The minimum Gasteiger partial charge on any atom is -0.462 e. The molecular formula is C59H98O6. The van der Waals surface area contributed by atoms with E-state index in [9.17, 15) is 14.4 Å². The Bertz CT molecular complexity index is 1310. The lowest BCUT2D eigenvalue weighted by molar-refractivity contribution is -0.166. The van der Waals surface area contributed by atoms with Crippen LogP contribution in [0.25, 0.3) is 0 Å². The van der Waals surface area contributed by atoms with Crippen LogP contribution in [0.2, 0.25) is 0 Å². The maximum atomic E-state index is 12.8. The summed E-state index contributed by atoms with van der Waals surface area (Å²) in [4.78, 5) is 38.0. The minimum absolute atomic E-state index is 0.107. The Hall–Kier alpha value is -3.67. The van der Waals surface area contributed by atoms with Crippen LogP contribution in [0.1, 0.15) is 239 Å². The number of carbonyl (C=O) groups excluding carboxylic acids is 3. The van der Waals surface area contributed by atoms with Crippen LogP contribution >= 0.6 is 0 Å². The van der Waals surface area contributed by atoms with Crippen LogP contribution in [-0.2, 0) is 28.6 Å². The van der Waals surface area contributed by atoms with Gasteiger partial charge in [0, 0.05) is 19.3 Å². The normalized spacial score (nSPS) is 12.8. The third kappa shape index (κ3) is 51.2. The molecule has 0 heterocycles. The molecule has 0 amide bonds. The average molecular weight is 903 g/mol. The summed E-state index contributed by atoms with van der Waals surface area (Å²) in [5.41, 5.74) is 0. The summed E-state index contributed by atoms with van der Waals surface area (Å²) in [5.74, 6) is -1.01. The highest BCUT2D eigenvalue weighted by Crippen LogP contribution is 2.14. The van der Waals surface area contributed by atoms with Gasteiger partial charge in [0.05, 0.1) is 0 Å². The topological polar surface area (TPSA) is 78.9 Å². The molecule has 0 spiro atoms. The van der Waals surface area contributed by atoms with Crippen molar-refractivity contribution >= 4 is 17.9 Å². The summed E-state index contributed by atoms with van der Waals surface area (Å²) in [5, 5.41) is 0. The number of hydrogen-bond acceptors (Lipinski definition) is 6. The van der Waals surface area contributed by atoms with Crippen molar-refractivity contribution in [2.75, 3.05) is 13.2 Å². The minimum atomic E-state index is -0.815. The molecule has 6 heteroatoms. The molecule has 0 aliphatic rings. The zero-order valence-corrected chi connectivity index (χ0v) is 42.2. The zero-order chi connectivity index (χ0) is 47.2. The van der Waals surface area contributed by atoms with E-state index >= 15 is 0 Å². The van der Waals surface area contributed by atoms with Crippen LogP contribution in [0.15, 0.2) is 97.2 Å². The summed E-state index contributed by atoms with van der Waals surface area (Å²) >= 11 is 0. The van der Waals surface area contributed by atoms with Crippen LogP contribution in [-0.4, -0.2) is 37.2 Å². The number of ether oxygens (including phenoxy) is 3. The van der Waals surface area contributed by atoms with E-state index in [4.69, 9.17) is 14.2 Å². The molecule has 370 valence electrons. The van der Waals surface area contributed by atoms with Crippen LogP contribution in [0, 0.1) is 0 Å². The molecule has 65 heavy (non-hydrogen) atoms. The Kier molecular flexibility index (Phi) is 50.0. The van der Waals surface area contributed by atoms with Gasteiger partial charge in [-0.2, -0.15) is 0 Å². The maximum absolute atomic E-state index is 12.8. The van der Waals surface area contributed by atoms with E-state index in [2.05, 4.69) is 112 Å². The molecule has 0 aromatic rings. The lowest BCUT2D eigenvalue weighted by Gasteiger charge is -2.18. The number of unbranched alkanes of at least 4 members (excludes halogenated alkanes) is 20. The molecule has 0 N–H and O–H groups in total. The van der Waals surface area contributed by atoms with Crippen LogP contribution in [0.3, 0.4) is 0 Å². The molecule has 0 aliphatic heterocycles. The van der Waals surface area contributed by atoms with Gasteiger partial charge in [-0.3, -0.25) is 14.4 Å². The first-order valence-corrected chi connectivity index (χ1v) is 26.7. The van der Waals surface area contributed by atoms with Crippen molar-refractivity contribution in [3.8, 4) is 0 Å². The predicted octanol–water partition coefficient (Wildman–Crippen LogP) is 17.8. The predicted molar refractivity (Wildman–Crippen MR) is 279 cm³/mol. The summed E-state index contributed by atoms with van der Waals surface area (Å²) in [6, 6.07) is 0. The Morgan fingerprint density at radius 3 is 1.06 bits per heavy atom. The Morgan fingerprint density at radius 2 is 0.631 bits per heavy atom. The first-order chi connectivity index (χ1) is 32.0. The summed E-state index contributed by atoms with van der Waals surface area (Å²) in [7, 11) is 0. The fourth-order valence-corrected chi connectivity index (χ4v) is 7.09. The standard InChI is InChI=1S/C59H98O6/c1-4-7-10-13-16-19-22-25-27-28-29-30-32-34-37-40-43-46-49-52-58(61)64-55-56(54-63-57(60)51-48-45-42-39-36-33-24-21-18-15-12-9-6-3)65-59(62)53-50-47-44-41-38-35-31-26-23-20-17-14-11-8-5-2/h8,11,16-17,19-20,25-27,29-31,34,37,43,46,56H,4-7,9-10,12-15,18,21-24,28,32-33,35-36,38-42,44-45,47-55H2,1-3H3/b11-8-,19-16-,20-17-,27-25-,30-29-,31-26-,37-34-,46-43-/t56-/m0/s1. The van der Waals surface area contributed by atoms with Gasteiger partial charge >= 0.3 is 17.9 Å². The van der Waals surface area contributed by atoms with Gasteiger partial charge in [-0.1, -0.05) is 227 Å². The summed E-state index contributed by atoms with van der Waals surface area (Å²) < 4.78 is 16.7. The number of hydrogen-bond donors (Lipinski definition) is 0. The fourth-order valence-electron chi connectivity index (χ4n) is 7.09. The van der Waals surface area contributed by atoms with Gasteiger partial charge in [0.2, 0.25) is 0 Å². The van der Waals surface area contributed by atoms with Crippen molar-refractivity contribution in [3.05, 3.63) is 97.2 Å². The quantitative estimate of drug-likeness (QED) is 0.0262. The number of esters is 3. The van der Waals surface area contributed by atoms with Crippen molar-refractivity contribution in [3.63, 3.8) is 0 Å². The van der Waals surface area contributed by atoms with Crippen molar-refractivity contribution in [1.82, 2.24) is 0 Å². The lowest BCUT2D eigenvalue weighted by atomic mass is 10.0. The van der Waals surface area contributed by atoms with Crippen molar-refractivity contribution < 1.29 is 28.6 Å². The Labute approximate surface area is 400 Å². The first-order valence-electron chi connectivity index (χ1n) is 26.7. The van der Waals surface area contributed by atoms with Crippen LogP contribution in [0.5, 0.6) is 0 Å². The second kappa shape index (κ2) is 52.9. The molecule has 0 aromatic heterocycles. The van der Waals surface area contributed by atoms with E-state index in [-0.39, 0.29) is 37.5 Å². The maximum Gasteiger partial charge on any atom is 0.306 e. The molecule has 0 bridgehead atoms. The molecule has 0 unspecified atom stereocenters. The van der Waals surface area contributed by atoms with E-state index in [0.717, 1.165) is 103 Å². The van der Waals surface area contributed by atoms with Gasteiger partial charge < -0.3 is 14.2 Å². The van der Waals surface area contributed by atoms with Gasteiger partial charge in [0.25, 0.3) is 0 Å². The molecule has 0 aromatic carbocycles. The van der Waals surface area contributed by atoms with Crippen LogP contribution < -0.4 is 0 Å². The van der Waals surface area contributed by atoms with E-state index < -0.39 is 6.10 Å². The lowest BCUT2D eigenvalue weighted by Crippen LogP contribution is -2.30. The van der Waals surface area contributed by atoms with Crippen molar-refractivity contribution in [2.45, 2.75) is 245 Å². The van der Waals surface area contributed by atoms with Gasteiger partial charge in [0.1, 0.15) is 13.2 Å². The van der Waals surface area contributed by atoms with Gasteiger partial charge in [-0.15, -0.1) is 0 Å². The van der Waals surface area contributed by atoms with E-state index in [1.165, 1.54) is 89.9 Å². The number of rotatable bonds is 47. The highest BCUT2D eigenvalue weighted by atomic mass is 16.6. The monoisotopic (exact) mass is 903 g/mol. The molecule has 1 atom stereocenters. The van der Waals surface area contributed by atoms with Crippen molar-refractivity contribution in [2.24, 2.45) is 0 Å². The molecule has 0 saturated carbocycles. The van der Waals surface area contributed by atoms with Crippen molar-refractivity contribution in [1.29, 1.82) is 0 Å². The second-order valence-corrected chi connectivity index (χ2v) is 17.4. The largest absolute Gasteiger partial charge is 0.462 e. The number of allylic oxidation sites excluding steroid dienone is 16. The summed E-state index contributed by atoms with van der Waals surface area (Å²) in [6.45, 7) is 6.42. The second-order valence-electron chi connectivity index (χ2n) is 17.4. The third-order valence-corrected chi connectivity index (χ3v) is 11.1. The summed E-state index contributed by atoms with van der Waals surface area (Å²) in [6.07, 6.45) is 69.7. The first kappa shape index (κ1) is 61.3. The molecule has 6 nitrogen and oxygen atoms in total. The smallest absolute Gasteiger partial charge is 0.306 e. The Balaban J connectivity index is 4.52. The fraction of sp³-hybridized carbons (Fsp3) is 0.678. The highest BCUT2D eigenvalue weighted by Gasteiger charge is 2.19. The van der Waals surface area contributed by atoms with Crippen LogP contribution in [0.4, 0.5) is 0 Å². The third-order valence-electron chi connectivity index (χ3n) is 11.1. The van der Waals surface area contributed by atoms with E-state index in [0.29, 0.717) is 19.3 Å². The molecular weight excluding hydrogens is 805 g/mol. The SMILES string of the molecule is CC/C=C\C/C=C\C/C=C\CCCCCCCC(=O)O[C@H](COC(=O)CC/C=C\C/C=C\C/C=C\C/C=C\C/C=C\CCCCC)COC(=O)CCCCCCCCCCCCCCC. The van der Waals surface area contributed by atoms with E-state index in [1.54, 1.807) is 0 Å². The van der Waals surface area contributed by atoms with Gasteiger partial charge in [-0.05, 0) is 89.9 Å². The van der Waals surface area contributed by atoms with Gasteiger partial charge in [0.15, 0.2) is 6.10 Å². The van der Waals surface area contributed by atoms with Gasteiger partial charge in [-0.25, -0.2) is 0 Å². The average Bonchev–Trinajstić information content (AvgIpc) is 3.30. The van der Waals surface area contributed by atoms with E-state index in [1.807, 2.05) is 6.08 Å². The molecule has 0 fully saturated rings. The molecule has 0 rings (SSSR count). The molecule has 0 saturated heterocycles. The molecule has 0 radical (unpaired) electrons. The molecule has 0 aliphatic carbocycles. The number of carbonyl (C=O) groups is 3.